The largest absolute Gasteiger partial charge is 0.306 e. The Bertz CT molecular complexity index is 1870. The Kier molecular flexibility index (Phi) is 6.62. The molecule has 0 saturated heterocycles. The lowest BCUT2D eigenvalue weighted by molar-refractivity contribution is -0.116. The maximum absolute atomic E-state index is 13.9. The fraction of sp³-hybridized carbons (Fsp3) is 0.138. The smallest absolute Gasteiger partial charge is 0.257 e. The van der Waals surface area contributed by atoms with Crippen LogP contribution in [0, 0.1) is 0 Å². The minimum atomic E-state index is -3.93. The highest BCUT2D eigenvalue weighted by Gasteiger charge is 2.42. The average Bonchev–Trinajstić information content (AvgIpc) is 2.92. The molecule has 0 amide bonds. The highest BCUT2D eigenvalue weighted by Crippen LogP contribution is 2.50. The van der Waals surface area contributed by atoms with Crippen LogP contribution in [0.1, 0.15) is 36.3 Å². The monoisotopic (exact) mass is 592 g/mol. The number of carbonyl (C=O) groups excluding carboxylic acids is 1. The Labute approximate surface area is 240 Å². The Balaban J connectivity index is 1.68. The van der Waals surface area contributed by atoms with E-state index in [4.69, 9.17) is 33.3 Å². The van der Waals surface area contributed by atoms with Crippen molar-refractivity contribution in [3.05, 3.63) is 116 Å². The molecule has 1 atom stereocenters. The Hall–Kier alpha value is -3.76. The van der Waals surface area contributed by atoms with Crippen LogP contribution in [0.5, 0.6) is 0 Å². The van der Waals surface area contributed by atoms with Crippen molar-refractivity contribution in [3.8, 4) is 11.4 Å². The van der Waals surface area contributed by atoms with Gasteiger partial charge in [0.15, 0.2) is 5.78 Å². The fourth-order valence-corrected chi connectivity index (χ4v) is 6.46. The molecule has 1 aromatic heterocycles. The Morgan fingerprint density at radius 2 is 1.68 bits per heavy atom. The molecule has 3 N–H and O–H groups in total. The van der Waals surface area contributed by atoms with Crippen LogP contribution < -0.4 is 15.6 Å². The number of fused-ring (bicyclic) bond motifs is 1. The number of carbonyl (C=O) groups is 1. The normalized spacial score (nSPS) is 17.0. The Morgan fingerprint density at radius 1 is 0.950 bits per heavy atom. The number of H-pyrrole nitrogens is 1. The molecule has 1 unspecified atom stereocenters. The molecule has 1 aliphatic carbocycles. The SMILES string of the molecule is NS(=O)(=O)c1ccc(N2C3=C(C(=O)CCC3)C(c3ccc(Cl)cc3Cl)c3c2nc(-c2ccccc2)[nH]c3=O)cc1. The van der Waals surface area contributed by atoms with Crippen LogP contribution in [0.4, 0.5) is 11.5 Å². The zero-order chi connectivity index (χ0) is 28.2. The molecule has 6 rings (SSSR count). The van der Waals surface area contributed by atoms with Crippen LogP contribution in [0.2, 0.25) is 10.0 Å². The molecule has 2 heterocycles. The topological polar surface area (TPSA) is 126 Å². The second-order valence-electron chi connectivity index (χ2n) is 9.63. The number of anilines is 2. The molecular weight excluding hydrogens is 571 g/mol. The predicted molar refractivity (Wildman–Crippen MR) is 154 cm³/mol. The van der Waals surface area contributed by atoms with Crippen LogP contribution >= 0.6 is 23.2 Å². The highest BCUT2D eigenvalue weighted by atomic mass is 35.5. The number of nitrogens with two attached hydrogens (primary N) is 1. The summed E-state index contributed by atoms with van der Waals surface area (Å²) in [6.45, 7) is 0. The summed E-state index contributed by atoms with van der Waals surface area (Å²) in [5.74, 6) is -0.192. The van der Waals surface area contributed by atoms with Gasteiger partial charge in [0.2, 0.25) is 10.0 Å². The number of rotatable bonds is 4. The van der Waals surface area contributed by atoms with Gasteiger partial charge in [-0.2, -0.15) is 0 Å². The van der Waals surface area contributed by atoms with Crippen molar-refractivity contribution in [2.75, 3.05) is 4.90 Å². The summed E-state index contributed by atoms with van der Waals surface area (Å²) in [7, 11) is -3.93. The first kappa shape index (κ1) is 26.5. The third-order valence-corrected chi connectivity index (χ3v) is 8.66. The molecular formula is C29H22Cl2N4O4S. The van der Waals surface area contributed by atoms with Gasteiger partial charge in [-0.05, 0) is 54.8 Å². The lowest BCUT2D eigenvalue weighted by Crippen LogP contribution is -2.37. The van der Waals surface area contributed by atoms with Crippen molar-refractivity contribution in [1.29, 1.82) is 0 Å². The summed E-state index contributed by atoms with van der Waals surface area (Å²) in [6.07, 6.45) is 1.46. The minimum Gasteiger partial charge on any atom is -0.306 e. The number of nitrogens with zero attached hydrogens (tertiary/aromatic N) is 2. The van der Waals surface area contributed by atoms with E-state index in [1.54, 1.807) is 35.2 Å². The standard InChI is InChI=1S/C29H22Cl2N4O4S/c30-17-9-14-20(21(31)15-17)24-25-22(7-4-8-23(25)36)35(18-10-12-19(13-11-18)40(32,38)39)28-26(24)29(37)34-27(33-28)16-5-2-1-3-6-16/h1-3,5-6,9-15,24H,4,7-8H2,(H2,32,38,39)(H,33,34,37). The van der Waals surface area contributed by atoms with Crippen molar-refractivity contribution in [1.82, 2.24) is 9.97 Å². The summed E-state index contributed by atoms with van der Waals surface area (Å²) in [5, 5.41) is 6.08. The van der Waals surface area contributed by atoms with E-state index >= 15 is 0 Å². The number of aromatic nitrogens is 2. The van der Waals surface area contributed by atoms with E-state index in [1.807, 2.05) is 30.3 Å². The minimum absolute atomic E-state index is 0.0583. The number of primary sulfonamides is 1. The number of nitrogens with one attached hydrogen (secondary N) is 1. The number of benzene rings is 3. The molecule has 3 aromatic carbocycles. The van der Waals surface area contributed by atoms with Crippen LogP contribution in [0.15, 0.2) is 93.8 Å². The zero-order valence-electron chi connectivity index (χ0n) is 20.9. The van der Waals surface area contributed by atoms with Gasteiger partial charge in [-0.3, -0.25) is 14.5 Å². The summed E-state index contributed by atoms with van der Waals surface area (Å²) in [5.41, 5.74) is 2.78. The lowest BCUT2D eigenvalue weighted by Gasteiger charge is -2.40. The summed E-state index contributed by atoms with van der Waals surface area (Å²) in [6, 6.07) is 20.2. The van der Waals surface area contributed by atoms with Gasteiger partial charge in [0.25, 0.3) is 5.56 Å². The number of sulfonamides is 1. The third kappa shape index (κ3) is 4.54. The molecule has 0 fully saturated rings. The second kappa shape index (κ2) is 10.0. The average molecular weight is 593 g/mol. The summed E-state index contributed by atoms with van der Waals surface area (Å²) in [4.78, 5) is 37.1. The van der Waals surface area contributed by atoms with Gasteiger partial charge < -0.3 is 4.98 Å². The number of ketones is 1. The number of halogens is 2. The first-order valence-corrected chi connectivity index (χ1v) is 14.8. The van der Waals surface area contributed by atoms with E-state index in [0.717, 1.165) is 0 Å². The van der Waals surface area contributed by atoms with Gasteiger partial charge in [0.05, 0.1) is 10.5 Å². The van der Waals surface area contributed by atoms with Crippen molar-refractivity contribution >= 4 is 50.5 Å². The van der Waals surface area contributed by atoms with Crippen molar-refractivity contribution < 1.29 is 13.2 Å². The fourth-order valence-electron chi connectivity index (χ4n) is 5.42. The number of aromatic amines is 1. The molecule has 0 spiro atoms. The van der Waals surface area contributed by atoms with Crippen molar-refractivity contribution in [2.24, 2.45) is 5.14 Å². The molecule has 0 bridgehead atoms. The molecule has 4 aromatic rings. The van der Waals surface area contributed by atoms with Crippen LogP contribution in [0.25, 0.3) is 11.4 Å². The van der Waals surface area contributed by atoms with Gasteiger partial charge in [-0.25, -0.2) is 18.5 Å². The molecule has 11 heteroatoms. The van der Waals surface area contributed by atoms with Gasteiger partial charge in [0.1, 0.15) is 11.6 Å². The number of hydrogen-bond donors (Lipinski definition) is 2. The first-order chi connectivity index (χ1) is 19.1. The maximum atomic E-state index is 13.9. The first-order valence-electron chi connectivity index (χ1n) is 12.5. The quantitative estimate of drug-likeness (QED) is 0.314. The van der Waals surface area contributed by atoms with E-state index in [9.17, 15) is 18.0 Å². The molecule has 202 valence electrons. The summed E-state index contributed by atoms with van der Waals surface area (Å²) < 4.78 is 23.8. The molecule has 1 aliphatic heterocycles. The van der Waals surface area contributed by atoms with E-state index in [1.165, 1.54) is 12.1 Å². The van der Waals surface area contributed by atoms with Crippen molar-refractivity contribution in [3.63, 3.8) is 0 Å². The number of Topliss-reactive ketones (excluding diaryl/α,β-unsaturated/α-hetero) is 1. The number of allylic oxidation sites excluding steroid dienone is 2. The van der Waals surface area contributed by atoms with Gasteiger partial charge in [-0.15, -0.1) is 0 Å². The molecule has 2 aliphatic rings. The molecule has 0 radical (unpaired) electrons. The predicted octanol–water partition coefficient (Wildman–Crippen LogP) is 5.68. The third-order valence-electron chi connectivity index (χ3n) is 7.17. The number of hydrogen-bond acceptors (Lipinski definition) is 6. The van der Waals surface area contributed by atoms with Crippen LogP contribution in [0.3, 0.4) is 0 Å². The van der Waals surface area contributed by atoms with Crippen molar-refractivity contribution in [2.45, 2.75) is 30.1 Å². The van der Waals surface area contributed by atoms with Crippen LogP contribution in [-0.2, 0) is 14.8 Å². The van der Waals surface area contributed by atoms with E-state index < -0.39 is 21.5 Å². The highest BCUT2D eigenvalue weighted by molar-refractivity contribution is 7.89. The molecule has 8 nitrogen and oxygen atoms in total. The van der Waals surface area contributed by atoms with E-state index in [2.05, 4.69) is 4.98 Å². The van der Waals surface area contributed by atoms with Gasteiger partial charge in [0, 0.05) is 44.9 Å². The van der Waals surface area contributed by atoms with Crippen LogP contribution in [-0.4, -0.2) is 24.2 Å². The van der Waals surface area contributed by atoms with E-state index in [-0.39, 0.29) is 16.2 Å². The van der Waals surface area contributed by atoms with Gasteiger partial charge in [-0.1, -0.05) is 59.6 Å². The summed E-state index contributed by atoms with van der Waals surface area (Å²) >= 11 is 12.9. The lowest BCUT2D eigenvalue weighted by atomic mass is 9.75. The molecule has 0 saturated carbocycles. The Morgan fingerprint density at radius 3 is 2.35 bits per heavy atom. The maximum Gasteiger partial charge on any atom is 0.257 e. The second-order valence-corrected chi connectivity index (χ2v) is 12.0. The zero-order valence-corrected chi connectivity index (χ0v) is 23.2. The van der Waals surface area contributed by atoms with Gasteiger partial charge >= 0.3 is 0 Å². The molecule has 40 heavy (non-hydrogen) atoms. The van der Waals surface area contributed by atoms with E-state index in [0.29, 0.717) is 69.0 Å².